The van der Waals surface area contributed by atoms with Gasteiger partial charge in [-0.05, 0) is 29.3 Å². The van der Waals surface area contributed by atoms with Gasteiger partial charge < -0.3 is 48.9 Å². The minimum absolute atomic E-state index is 0.0172. The van der Waals surface area contributed by atoms with E-state index in [0.29, 0.717) is 5.56 Å². The number of carbonyl (C=O) groups is 1. The molecule has 5 rings (SSSR count). The van der Waals surface area contributed by atoms with Gasteiger partial charge in [0, 0.05) is 18.2 Å². The van der Waals surface area contributed by atoms with Gasteiger partial charge in [-0.25, -0.2) is 4.79 Å². The summed E-state index contributed by atoms with van der Waals surface area (Å²) < 4.78 is 27.2. The molecular weight excluding hydrogens is 564 g/mol. The van der Waals surface area contributed by atoms with Crippen molar-refractivity contribution in [3.05, 3.63) is 88.8 Å². The molecule has 0 saturated carbocycles. The minimum atomic E-state index is -1.76. The molecule has 1 aliphatic rings. The smallest absolute Gasteiger partial charge is 0.331 e. The van der Waals surface area contributed by atoms with Gasteiger partial charge in [0.25, 0.3) is 0 Å². The normalized spacial score (nSPS) is 22.0. The van der Waals surface area contributed by atoms with Gasteiger partial charge in [-0.2, -0.15) is 0 Å². The molecule has 43 heavy (non-hydrogen) atoms. The Labute approximate surface area is 244 Å². The summed E-state index contributed by atoms with van der Waals surface area (Å²) in [7, 11) is 1.40. The van der Waals surface area contributed by atoms with Gasteiger partial charge in [-0.3, -0.25) is 4.79 Å². The molecule has 12 nitrogen and oxygen atoms in total. The minimum Gasteiger partial charge on any atom is -0.507 e. The number of methoxy groups -OCH3 is 1. The van der Waals surface area contributed by atoms with Crippen LogP contribution in [-0.4, -0.2) is 75.9 Å². The van der Waals surface area contributed by atoms with Crippen molar-refractivity contribution in [2.45, 2.75) is 30.7 Å². The zero-order chi connectivity index (χ0) is 30.7. The van der Waals surface area contributed by atoms with Crippen molar-refractivity contribution in [2.75, 3.05) is 13.7 Å². The van der Waals surface area contributed by atoms with Gasteiger partial charge in [-0.15, -0.1) is 0 Å². The predicted molar refractivity (Wildman–Crippen MR) is 152 cm³/mol. The first kappa shape index (κ1) is 29.6. The molecule has 2 heterocycles. The molecule has 0 aliphatic carbocycles. The number of rotatable bonds is 8. The number of aliphatic hydroxyl groups excluding tert-OH is 3. The summed E-state index contributed by atoms with van der Waals surface area (Å²) in [5.74, 6) is -1.59. The lowest BCUT2D eigenvalue weighted by Crippen LogP contribution is -2.61. The molecule has 5 atom stereocenters. The van der Waals surface area contributed by atoms with E-state index in [9.17, 15) is 35.1 Å². The van der Waals surface area contributed by atoms with Crippen LogP contribution >= 0.6 is 0 Å². The van der Waals surface area contributed by atoms with Gasteiger partial charge in [0.05, 0.1) is 19.3 Å². The maximum Gasteiger partial charge on any atom is 0.331 e. The lowest BCUT2D eigenvalue weighted by atomic mass is 9.99. The zero-order valence-corrected chi connectivity index (χ0v) is 22.7. The maximum absolute atomic E-state index is 13.3. The SMILES string of the molecule is COc1cc(O)c2c(=O)c(-c3ccc(O)c(OC4OC(CO)C(O)C(OC(=O)C=Cc5ccccc5)C4O)c3)coc2c1. The van der Waals surface area contributed by atoms with Gasteiger partial charge >= 0.3 is 5.97 Å². The molecule has 1 saturated heterocycles. The zero-order valence-electron chi connectivity index (χ0n) is 22.7. The second kappa shape index (κ2) is 12.5. The average Bonchev–Trinajstić information content (AvgIpc) is 3.01. The highest BCUT2D eigenvalue weighted by molar-refractivity contribution is 5.88. The average molecular weight is 593 g/mol. The number of hydrogen-bond acceptors (Lipinski definition) is 12. The molecule has 1 fully saturated rings. The van der Waals surface area contributed by atoms with Crippen LogP contribution in [0.3, 0.4) is 0 Å². The number of aliphatic hydroxyl groups is 3. The Balaban J connectivity index is 1.40. The largest absolute Gasteiger partial charge is 0.507 e. The van der Waals surface area contributed by atoms with Crippen LogP contribution in [0.5, 0.6) is 23.0 Å². The first-order valence-corrected chi connectivity index (χ1v) is 13.1. The molecule has 5 N–H and O–H groups in total. The molecule has 12 heteroatoms. The Kier molecular flexibility index (Phi) is 8.64. The molecule has 224 valence electrons. The van der Waals surface area contributed by atoms with E-state index >= 15 is 0 Å². The van der Waals surface area contributed by atoms with Crippen molar-refractivity contribution in [3.8, 4) is 34.1 Å². The van der Waals surface area contributed by atoms with Crippen molar-refractivity contribution in [1.82, 2.24) is 0 Å². The van der Waals surface area contributed by atoms with Crippen LogP contribution in [0.1, 0.15) is 5.56 Å². The molecular formula is C31H28O12. The van der Waals surface area contributed by atoms with E-state index in [4.69, 9.17) is 23.4 Å². The number of fused-ring (bicyclic) bond motifs is 1. The summed E-state index contributed by atoms with van der Waals surface area (Å²) >= 11 is 0. The number of ether oxygens (including phenoxy) is 4. The fourth-order valence-corrected chi connectivity index (χ4v) is 4.62. The third kappa shape index (κ3) is 6.17. The Morgan fingerprint density at radius 1 is 1.00 bits per heavy atom. The Bertz CT molecular complexity index is 1700. The van der Waals surface area contributed by atoms with Gasteiger partial charge in [-0.1, -0.05) is 36.4 Å². The van der Waals surface area contributed by atoms with Crippen LogP contribution in [0.2, 0.25) is 0 Å². The fraction of sp³-hybridized carbons (Fsp3) is 0.226. The van der Waals surface area contributed by atoms with Gasteiger partial charge in [0.15, 0.2) is 23.7 Å². The van der Waals surface area contributed by atoms with E-state index in [0.717, 1.165) is 6.08 Å². The van der Waals surface area contributed by atoms with Crippen LogP contribution in [0.25, 0.3) is 28.2 Å². The molecule has 0 spiro atoms. The van der Waals surface area contributed by atoms with Crippen molar-refractivity contribution in [2.24, 2.45) is 0 Å². The van der Waals surface area contributed by atoms with E-state index in [1.54, 1.807) is 24.3 Å². The predicted octanol–water partition coefficient (Wildman–Crippen LogP) is 2.32. The summed E-state index contributed by atoms with van der Waals surface area (Å²) in [4.78, 5) is 25.8. The quantitative estimate of drug-likeness (QED) is 0.149. The van der Waals surface area contributed by atoms with Crippen LogP contribution in [-0.2, 0) is 14.3 Å². The Hall–Kier alpha value is -4.88. The molecule has 0 amide bonds. The summed E-state index contributed by atoms with van der Waals surface area (Å²) in [6.45, 7) is -0.708. The monoisotopic (exact) mass is 592 g/mol. The number of esters is 1. The van der Waals surface area contributed by atoms with E-state index in [1.807, 2.05) is 6.07 Å². The van der Waals surface area contributed by atoms with Crippen LogP contribution in [0.15, 0.2) is 82.2 Å². The second-order valence-electron chi connectivity index (χ2n) is 9.65. The molecule has 4 aromatic rings. The lowest BCUT2D eigenvalue weighted by Gasteiger charge is -2.41. The van der Waals surface area contributed by atoms with Crippen molar-refractivity contribution in [3.63, 3.8) is 0 Å². The molecule has 1 aromatic heterocycles. The Morgan fingerprint density at radius 2 is 1.77 bits per heavy atom. The third-order valence-electron chi connectivity index (χ3n) is 6.87. The van der Waals surface area contributed by atoms with Gasteiger partial charge in [0.1, 0.15) is 40.9 Å². The van der Waals surface area contributed by atoms with Crippen LogP contribution in [0, 0.1) is 0 Å². The van der Waals surface area contributed by atoms with E-state index in [2.05, 4.69) is 0 Å². The van der Waals surface area contributed by atoms with Crippen LogP contribution < -0.4 is 14.9 Å². The van der Waals surface area contributed by atoms with Crippen molar-refractivity contribution in [1.29, 1.82) is 0 Å². The highest BCUT2D eigenvalue weighted by Crippen LogP contribution is 2.36. The summed E-state index contributed by atoms with van der Waals surface area (Å²) in [6, 6.07) is 15.5. The highest BCUT2D eigenvalue weighted by atomic mass is 16.7. The molecule has 1 aliphatic heterocycles. The van der Waals surface area contributed by atoms with Gasteiger partial charge in [0.2, 0.25) is 11.7 Å². The molecule has 3 aromatic carbocycles. The van der Waals surface area contributed by atoms with Crippen LogP contribution in [0.4, 0.5) is 0 Å². The van der Waals surface area contributed by atoms with E-state index < -0.39 is 54.5 Å². The second-order valence-corrected chi connectivity index (χ2v) is 9.65. The van der Waals surface area contributed by atoms with E-state index in [-0.39, 0.29) is 39.3 Å². The standard InChI is InChI=1S/C31H28O12/c1-39-18-12-21(34)26-23(13-18)40-15-19(27(26)36)17-8-9-20(33)22(11-17)41-31-29(38)30(28(37)24(14-32)42-31)43-25(35)10-7-16-5-3-2-4-6-16/h2-13,15,24,28-34,37-38H,14H2,1H3. The number of aromatic hydroxyl groups is 2. The fourth-order valence-electron chi connectivity index (χ4n) is 4.62. The lowest BCUT2D eigenvalue weighted by molar-refractivity contribution is -0.280. The maximum atomic E-state index is 13.3. The summed E-state index contributed by atoms with van der Waals surface area (Å²) in [5, 5.41) is 52.1. The first-order chi connectivity index (χ1) is 20.7. The number of phenolic OH excluding ortho intramolecular Hbond substituents is 2. The number of benzene rings is 3. The molecule has 0 radical (unpaired) electrons. The third-order valence-corrected chi connectivity index (χ3v) is 6.87. The summed E-state index contributed by atoms with van der Waals surface area (Å²) in [6.07, 6.45) is -4.10. The number of phenols is 2. The number of carbonyl (C=O) groups excluding carboxylic acids is 1. The van der Waals surface area contributed by atoms with Crippen molar-refractivity contribution >= 4 is 23.0 Å². The summed E-state index contributed by atoms with van der Waals surface area (Å²) in [5.41, 5.74) is 0.464. The topological polar surface area (TPSA) is 185 Å². The first-order valence-electron chi connectivity index (χ1n) is 13.1. The van der Waals surface area contributed by atoms with Crippen molar-refractivity contribution < 1.29 is 53.7 Å². The van der Waals surface area contributed by atoms with E-state index in [1.165, 1.54) is 49.8 Å². The molecule has 5 unspecified atom stereocenters. The number of hydrogen-bond donors (Lipinski definition) is 5. The Morgan fingerprint density at radius 3 is 2.49 bits per heavy atom. The highest BCUT2D eigenvalue weighted by Gasteiger charge is 2.48. The molecule has 0 bridgehead atoms.